The van der Waals surface area contributed by atoms with Gasteiger partial charge in [0.05, 0.1) is 22.6 Å². The van der Waals surface area contributed by atoms with Gasteiger partial charge in [-0.1, -0.05) is 6.82 Å². The van der Waals surface area contributed by atoms with Crippen LogP contribution in [0.15, 0.2) is 29.1 Å². The first-order valence-electron chi connectivity index (χ1n) is 7.14. The van der Waals surface area contributed by atoms with Crippen LogP contribution in [-0.2, 0) is 12.2 Å². The highest BCUT2D eigenvalue weighted by molar-refractivity contribution is 6.64. The highest BCUT2D eigenvalue weighted by Gasteiger charge is 2.11. The summed E-state index contributed by atoms with van der Waals surface area (Å²) in [5.41, 5.74) is 3.41. The first kappa shape index (κ1) is 15.3. The van der Waals surface area contributed by atoms with Crippen LogP contribution in [0.3, 0.4) is 0 Å². The number of nitrogens with zero attached hydrogens (tertiary/aromatic N) is 3. The molecule has 0 saturated carbocycles. The molecule has 3 heterocycles. The van der Waals surface area contributed by atoms with Crippen molar-refractivity contribution in [1.82, 2.24) is 19.9 Å². The average Bonchev–Trinajstić information content (AvgIpc) is 2.95. The van der Waals surface area contributed by atoms with Crippen molar-refractivity contribution < 1.29 is 0 Å². The number of aromatic amines is 2. The van der Waals surface area contributed by atoms with Crippen molar-refractivity contribution in [3.05, 3.63) is 46.0 Å². The maximum Gasteiger partial charge on any atom is 0.270 e. The number of halogens is 1. The summed E-state index contributed by atoms with van der Waals surface area (Å²) < 4.78 is 0. The van der Waals surface area contributed by atoms with Gasteiger partial charge < -0.3 is 9.97 Å². The molecule has 0 unspecified atom stereocenters. The molecular formula is C15H13BClN5O. The molecule has 3 aromatic heterocycles. The maximum atomic E-state index is 11.6. The van der Waals surface area contributed by atoms with Gasteiger partial charge in [0.1, 0.15) is 5.69 Å². The summed E-state index contributed by atoms with van der Waals surface area (Å²) in [6.45, 7) is 1.80. The van der Waals surface area contributed by atoms with Crippen LogP contribution in [-0.4, -0.2) is 26.6 Å². The quantitative estimate of drug-likeness (QED) is 0.568. The summed E-state index contributed by atoms with van der Waals surface area (Å²) in [5.74, 6) is 2.77. The van der Waals surface area contributed by atoms with Crippen LogP contribution in [0.4, 0.5) is 0 Å². The fourth-order valence-corrected chi connectivity index (χ4v) is 2.52. The predicted molar refractivity (Wildman–Crippen MR) is 90.4 cm³/mol. The molecule has 0 aliphatic heterocycles. The number of H-pyrrole nitrogens is 2. The van der Waals surface area contributed by atoms with Crippen molar-refractivity contribution in [3.8, 4) is 17.5 Å². The van der Waals surface area contributed by atoms with Crippen molar-refractivity contribution in [1.29, 1.82) is 5.26 Å². The fourth-order valence-electron chi connectivity index (χ4n) is 2.38. The fraction of sp³-hybridized carbons (Fsp3) is 0.200. The predicted octanol–water partition coefficient (Wildman–Crippen LogP) is 2.32. The van der Waals surface area contributed by atoms with Crippen molar-refractivity contribution >= 4 is 29.3 Å². The molecule has 6 nitrogen and oxygen atoms in total. The minimum absolute atomic E-state index is 0.0686. The van der Waals surface area contributed by atoms with E-state index in [0.29, 0.717) is 23.5 Å². The first-order chi connectivity index (χ1) is 11.1. The van der Waals surface area contributed by atoms with E-state index in [0.717, 1.165) is 16.7 Å². The largest absolute Gasteiger partial charge is 0.358 e. The Morgan fingerprint density at radius 2 is 2.13 bits per heavy atom. The number of nitrogens with one attached hydrogen (secondary N) is 2. The van der Waals surface area contributed by atoms with E-state index in [2.05, 4.69) is 25.9 Å². The minimum atomic E-state index is -0.259. The Bertz CT molecular complexity index is 958. The molecular weight excluding hydrogens is 312 g/mol. The molecule has 0 bridgehead atoms. The lowest BCUT2D eigenvalue weighted by atomic mass is 9.51. The second kappa shape index (κ2) is 6.27. The summed E-state index contributed by atoms with van der Waals surface area (Å²) in [6, 6.07) is 6.95. The van der Waals surface area contributed by atoms with Crippen LogP contribution in [0.5, 0.6) is 0 Å². The lowest BCUT2D eigenvalue weighted by molar-refractivity contribution is 1.05. The van der Waals surface area contributed by atoms with Gasteiger partial charge >= 0.3 is 0 Å². The Balaban J connectivity index is 2.01. The summed E-state index contributed by atoms with van der Waals surface area (Å²) in [5, 5.41) is 8.91. The van der Waals surface area contributed by atoms with Gasteiger partial charge in [-0.05, 0) is 24.5 Å². The van der Waals surface area contributed by atoms with E-state index in [9.17, 15) is 4.79 Å². The van der Waals surface area contributed by atoms with Crippen LogP contribution < -0.4 is 5.56 Å². The van der Waals surface area contributed by atoms with Crippen molar-refractivity contribution in [2.45, 2.75) is 19.0 Å². The molecule has 8 heteroatoms. The van der Waals surface area contributed by atoms with Crippen LogP contribution in [0.25, 0.3) is 22.6 Å². The number of pyridine rings is 1. The summed E-state index contributed by atoms with van der Waals surface area (Å²) in [7, 11) is 0. The van der Waals surface area contributed by atoms with Crippen LogP contribution >= 0.6 is 11.6 Å². The van der Waals surface area contributed by atoms with E-state index in [-0.39, 0.29) is 18.2 Å². The van der Waals surface area contributed by atoms with Gasteiger partial charge in [-0.25, -0.2) is 15.2 Å². The Morgan fingerprint density at radius 1 is 1.30 bits per heavy atom. The zero-order valence-corrected chi connectivity index (χ0v) is 13.2. The molecule has 0 atom stereocenters. The minimum Gasteiger partial charge on any atom is -0.358 e. The zero-order chi connectivity index (χ0) is 16.4. The maximum absolute atomic E-state index is 11.6. The Labute approximate surface area is 137 Å². The number of hydrogen-bond acceptors (Lipinski definition) is 4. The van der Waals surface area contributed by atoms with E-state index in [1.807, 2.05) is 19.0 Å². The van der Waals surface area contributed by atoms with Crippen LogP contribution in [0.2, 0.25) is 6.82 Å². The number of rotatable bonds is 4. The first-order valence-corrected chi connectivity index (χ1v) is 7.67. The summed E-state index contributed by atoms with van der Waals surface area (Å²) >= 11 is 5.75. The normalized spacial score (nSPS) is 10.7. The van der Waals surface area contributed by atoms with E-state index in [1.54, 1.807) is 6.07 Å². The summed E-state index contributed by atoms with van der Waals surface area (Å²) in [4.78, 5) is 26.4. The third kappa shape index (κ3) is 3.27. The van der Waals surface area contributed by atoms with Gasteiger partial charge in [-0.2, -0.15) is 0 Å². The molecule has 0 amide bonds. The Hall–Kier alpha value is -2.59. The zero-order valence-electron chi connectivity index (χ0n) is 12.4. The second-order valence-electron chi connectivity index (χ2n) is 5.38. The van der Waals surface area contributed by atoms with Gasteiger partial charge in [-0.3, -0.25) is 4.79 Å². The van der Waals surface area contributed by atoms with Gasteiger partial charge in [0, 0.05) is 17.7 Å². The SMILES string of the molecule is CB(C#N)Cc1cc2nc(-c3nc(CCl)cc(=O)[nH]3)ccc2[nH]1. The molecule has 0 spiro atoms. The second-order valence-corrected chi connectivity index (χ2v) is 5.64. The molecule has 2 N–H and O–H groups in total. The van der Waals surface area contributed by atoms with Gasteiger partial charge in [0.2, 0.25) is 0 Å². The molecule has 3 rings (SSSR count). The van der Waals surface area contributed by atoms with E-state index < -0.39 is 0 Å². The number of aromatic nitrogens is 4. The molecule has 0 aromatic carbocycles. The number of alkyl halides is 1. The molecule has 114 valence electrons. The van der Waals surface area contributed by atoms with Crippen LogP contribution in [0.1, 0.15) is 11.4 Å². The molecule has 0 aliphatic carbocycles. The highest BCUT2D eigenvalue weighted by Crippen LogP contribution is 2.19. The molecule has 0 fully saturated rings. The third-order valence-corrected chi connectivity index (χ3v) is 3.73. The Kier molecular flexibility index (Phi) is 4.17. The van der Waals surface area contributed by atoms with Gasteiger partial charge in [0.15, 0.2) is 5.82 Å². The van der Waals surface area contributed by atoms with Crippen molar-refractivity contribution in [3.63, 3.8) is 0 Å². The van der Waals surface area contributed by atoms with Crippen molar-refractivity contribution in [2.75, 3.05) is 0 Å². The smallest absolute Gasteiger partial charge is 0.270 e. The Morgan fingerprint density at radius 3 is 2.87 bits per heavy atom. The summed E-state index contributed by atoms with van der Waals surface area (Å²) in [6.07, 6.45) is 0.638. The topological polar surface area (TPSA) is 98.2 Å². The van der Waals surface area contributed by atoms with E-state index >= 15 is 0 Å². The average molecular weight is 326 g/mol. The molecule has 3 aromatic rings. The van der Waals surface area contributed by atoms with E-state index in [1.165, 1.54) is 6.07 Å². The lowest BCUT2D eigenvalue weighted by Gasteiger charge is -2.02. The van der Waals surface area contributed by atoms with Gasteiger partial charge in [-0.15, -0.1) is 11.6 Å². The number of nitriles is 1. The standard InChI is InChI=1S/C15H13BClN5O/c1-16(8-18)6-9-4-13-11(19-9)2-3-12(21-13)15-20-10(7-17)5-14(23)22-15/h2-5,19H,6-7H2,1H3,(H,20,22,23). The van der Waals surface area contributed by atoms with Gasteiger partial charge in [0.25, 0.3) is 12.3 Å². The number of fused-ring (bicyclic) bond motifs is 1. The third-order valence-electron chi connectivity index (χ3n) is 3.45. The lowest BCUT2D eigenvalue weighted by Crippen LogP contribution is -2.10. The highest BCUT2D eigenvalue weighted by atomic mass is 35.5. The molecule has 0 radical (unpaired) electrons. The monoisotopic (exact) mass is 325 g/mol. The van der Waals surface area contributed by atoms with Crippen LogP contribution in [0, 0.1) is 11.2 Å². The van der Waals surface area contributed by atoms with Crippen molar-refractivity contribution in [2.24, 2.45) is 0 Å². The number of hydrogen-bond donors (Lipinski definition) is 2. The molecule has 0 aliphatic rings. The van der Waals surface area contributed by atoms with E-state index in [4.69, 9.17) is 16.9 Å². The molecule has 23 heavy (non-hydrogen) atoms. The molecule has 0 saturated heterocycles.